The quantitative estimate of drug-likeness (QED) is 0.677. The molecule has 1 atom stereocenters. The van der Waals surface area contributed by atoms with Crippen LogP contribution in [0.1, 0.15) is 56.0 Å². The number of hydrogen-bond donors (Lipinski definition) is 0. The fraction of sp³-hybridized carbons (Fsp3) is 0.650. The number of nitrogens with zero attached hydrogens (tertiary/aromatic N) is 2. The normalized spacial score (nSPS) is 16.9. The van der Waals surface area contributed by atoms with Crippen molar-refractivity contribution in [3.8, 4) is 0 Å². The Morgan fingerprint density at radius 3 is 2.52 bits per heavy atom. The predicted octanol–water partition coefficient (Wildman–Crippen LogP) is 3.06. The summed E-state index contributed by atoms with van der Waals surface area (Å²) in [4.78, 5) is 15.2. The second-order valence-corrected chi connectivity index (χ2v) is 9.01. The van der Waals surface area contributed by atoms with E-state index in [2.05, 4.69) is 13.8 Å². The van der Waals surface area contributed by atoms with E-state index in [1.165, 1.54) is 4.31 Å². The molecule has 0 bridgehead atoms. The van der Waals surface area contributed by atoms with Gasteiger partial charge in [-0.2, -0.15) is 4.31 Å². The van der Waals surface area contributed by atoms with Crippen molar-refractivity contribution in [2.45, 2.75) is 57.9 Å². The highest BCUT2D eigenvalue weighted by Gasteiger charge is 2.29. The molecule has 152 valence electrons. The average molecular weight is 397 g/mol. The second-order valence-electron chi connectivity index (χ2n) is 7.11. The number of rotatable bonds is 8. The third kappa shape index (κ3) is 5.09. The van der Waals surface area contributed by atoms with Crippen LogP contribution >= 0.6 is 0 Å². The summed E-state index contributed by atoms with van der Waals surface area (Å²) in [5.74, 6) is -0.101. The van der Waals surface area contributed by atoms with E-state index in [9.17, 15) is 13.2 Å². The van der Waals surface area contributed by atoms with Gasteiger partial charge in [0.15, 0.2) is 0 Å². The highest BCUT2D eigenvalue weighted by Crippen LogP contribution is 2.23. The molecule has 6 nitrogen and oxygen atoms in total. The first-order chi connectivity index (χ1) is 12.8. The van der Waals surface area contributed by atoms with Crippen LogP contribution in [0.5, 0.6) is 0 Å². The molecule has 1 saturated heterocycles. The molecule has 0 saturated carbocycles. The highest BCUT2D eigenvalue weighted by atomic mass is 32.2. The Labute approximate surface area is 163 Å². The molecule has 1 heterocycles. The SMILES string of the molecule is CCCCN(C(=O)c1ccc(C)c(S(=O)(=O)N2CCOCC2)c1)C(C)CC. The van der Waals surface area contributed by atoms with Crippen LogP contribution in [-0.4, -0.2) is 62.4 Å². The summed E-state index contributed by atoms with van der Waals surface area (Å²) in [6.07, 6.45) is 2.80. The van der Waals surface area contributed by atoms with Gasteiger partial charge in [0.25, 0.3) is 5.91 Å². The van der Waals surface area contributed by atoms with E-state index in [4.69, 9.17) is 4.74 Å². The topological polar surface area (TPSA) is 66.9 Å². The van der Waals surface area contributed by atoms with Gasteiger partial charge >= 0.3 is 0 Å². The van der Waals surface area contributed by atoms with Crippen molar-refractivity contribution in [2.75, 3.05) is 32.8 Å². The van der Waals surface area contributed by atoms with Crippen LogP contribution in [0.4, 0.5) is 0 Å². The van der Waals surface area contributed by atoms with E-state index < -0.39 is 10.0 Å². The van der Waals surface area contributed by atoms with Gasteiger partial charge in [-0.1, -0.05) is 26.3 Å². The zero-order valence-corrected chi connectivity index (χ0v) is 17.7. The Hall–Kier alpha value is -1.44. The summed E-state index contributed by atoms with van der Waals surface area (Å²) in [7, 11) is -3.63. The molecule has 1 unspecified atom stereocenters. The molecule has 0 spiro atoms. The van der Waals surface area contributed by atoms with Gasteiger partial charge in [-0.3, -0.25) is 4.79 Å². The van der Waals surface area contributed by atoms with E-state index >= 15 is 0 Å². The Morgan fingerprint density at radius 2 is 1.93 bits per heavy atom. The molecule has 27 heavy (non-hydrogen) atoms. The number of sulfonamides is 1. The Bertz CT molecular complexity index is 742. The maximum Gasteiger partial charge on any atom is 0.254 e. The van der Waals surface area contributed by atoms with Gasteiger partial charge in [0.05, 0.1) is 18.1 Å². The number of unbranched alkanes of at least 4 members (excludes halogenated alkanes) is 1. The van der Waals surface area contributed by atoms with E-state index in [1.54, 1.807) is 25.1 Å². The number of ether oxygens (including phenoxy) is 1. The van der Waals surface area contributed by atoms with Crippen molar-refractivity contribution in [1.82, 2.24) is 9.21 Å². The van der Waals surface area contributed by atoms with Gasteiger partial charge < -0.3 is 9.64 Å². The molecule has 1 aliphatic rings. The largest absolute Gasteiger partial charge is 0.379 e. The fourth-order valence-electron chi connectivity index (χ4n) is 3.17. The first-order valence-corrected chi connectivity index (χ1v) is 11.3. The molecule has 0 aromatic heterocycles. The first kappa shape index (κ1) is 21.9. The van der Waals surface area contributed by atoms with Crippen molar-refractivity contribution in [3.63, 3.8) is 0 Å². The minimum absolute atomic E-state index is 0.101. The van der Waals surface area contributed by atoms with Gasteiger partial charge in [0, 0.05) is 31.2 Å². The minimum Gasteiger partial charge on any atom is -0.379 e. The van der Waals surface area contributed by atoms with Crippen LogP contribution in [0, 0.1) is 6.92 Å². The minimum atomic E-state index is -3.63. The lowest BCUT2D eigenvalue weighted by Gasteiger charge is -2.29. The molecule has 1 aliphatic heterocycles. The van der Waals surface area contributed by atoms with Crippen LogP contribution in [0.25, 0.3) is 0 Å². The molecule has 7 heteroatoms. The van der Waals surface area contributed by atoms with Crippen LogP contribution in [-0.2, 0) is 14.8 Å². The Morgan fingerprint density at radius 1 is 1.26 bits per heavy atom. The zero-order chi connectivity index (χ0) is 20.0. The first-order valence-electron chi connectivity index (χ1n) is 9.82. The van der Waals surface area contributed by atoms with E-state index in [-0.39, 0.29) is 16.8 Å². The monoisotopic (exact) mass is 396 g/mol. The molecular weight excluding hydrogens is 364 g/mol. The maximum absolute atomic E-state index is 13.1. The van der Waals surface area contributed by atoms with Crippen molar-refractivity contribution >= 4 is 15.9 Å². The Kier molecular flexibility index (Phi) is 7.82. The standard InChI is InChI=1S/C20H32N2O4S/c1-5-7-10-22(17(4)6-2)20(23)18-9-8-16(3)19(15-18)27(24,25)21-11-13-26-14-12-21/h8-9,15,17H,5-7,10-14H2,1-4H3. The lowest BCUT2D eigenvalue weighted by molar-refractivity contribution is 0.0684. The lowest BCUT2D eigenvalue weighted by atomic mass is 10.1. The smallest absolute Gasteiger partial charge is 0.254 e. The molecule has 1 fully saturated rings. The summed E-state index contributed by atoms with van der Waals surface area (Å²) in [5, 5.41) is 0. The van der Waals surface area contributed by atoms with Crippen molar-refractivity contribution in [2.24, 2.45) is 0 Å². The predicted molar refractivity (Wildman–Crippen MR) is 106 cm³/mol. The van der Waals surface area contributed by atoms with Crippen LogP contribution in [0.2, 0.25) is 0 Å². The highest BCUT2D eigenvalue weighted by molar-refractivity contribution is 7.89. The van der Waals surface area contributed by atoms with Crippen molar-refractivity contribution in [3.05, 3.63) is 29.3 Å². The van der Waals surface area contributed by atoms with Gasteiger partial charge in [-0.15, -0.1) is 0 Å². The molecule has 1 amide bonds. The summed E-state index contributed by atoms with van der Waals surface area (Å²) < 4.78 is 32.8. The van der Waals surface area contributed by atoms with Gasteiger partial charge in [0.1, 0.15) is 0 Å². The molecule has 1 aromatic carbocycles. The van der Waals surface area contributed by atoms with Crippen molar-refractivity contribution < 1.29 is 17.9 Å². The summed E-state index contributed by atoms with van der Waals surface area (Å²) in [6, 6.07) is 5.13. The van der Waals surface area contributed by atoms with Crippen LogP contribution in [0.3, 0.4) is 0 Å². The van der Waals surface area contributed by atoms with Gasteiger partial charge in [-0.25, -0.2) is 8.42 Å². The van der Waals surface area contributed by atoms with E-state index in [0.29, 0.717) is 44.0 Å². The zero-order valence-electron chi connectivity index (χ0n) is 16.9. The number of carbonyl (C=O) groups excluding carboxylic acids is 1. The fourth-order valence-corrected chi connectivity index (χ4v) is 4.83. The maximum atomic E-state index is 13.1. The molecule has 2 rings (SSSR count). The lowest BCUT2D eigenvalue weighted by Crippen LogP contribution is -2.41. The number of morpholine rings is 1. The summed E-state index contributed by atoms with van der Waals surface area (Å²) in [6.45, 7) is 10.1. The van der Waals surface area contributed by atoms with Gasteiger partial charge in [0.2, 0.25) is 10.0 Å². The van der Waals surface area contributed by atoms with E-state index in [0.717, 1.165) is 19.3 Å². The number of hydrogen-bond acceptors (Lipinski definition) is 4. The van der Waals surface area contributed by atoms with E-state index in [1.807, 2.05) is 11.8 Å². The number of amides is 1. The van der Waals surface area contributed by atoms with Crippen molar-refractivity contribution in [1.29, 1.82) is 0 Å². The molecule has 0 N–H and O–H groups in total. The average Bonchev–Trinajstić information content (AvgIpc) is 2.68. The third-order valence-corrected chi connectivity index (χ3v) is 7.20. The molecule has 0 aliphatic carbocycles. The Balaban J connectivity index is 2.36. The number of benzene rings is 1. The summed E-state index contributed by atoms with van der Waals surface area (Å²) in [5.41, 5.74) is 1.09. The summed E-state index contributed by atoms with van der Waals surface area (Å²) >= 11 is 0. The molecule has 1 aromatic rings. The third-order valence-electron chi connectivity index (χ3n) is 5.16. The molecule has 0 radical (unpaired) electrons. The van der Waals surface area contributed by atoms with Crippen LogP contribution in [0.15, 0.2) is 23.1 Å². The number of aryl methyl sites for hydroxylation is 1. The molecular formula is C20H32N2O4S. The second kappa shape index (κ2) is 9.66. The van der Waals surface area contributed by atoms with Gasteiger partial charge in [-0.05, 0) is 44.4 Å². The number of carbonyl (C=O) groups is 1. The van der Waals surface area contributed by atoms with Crippen LogP contribution < -0.4 is 0 Å².